The molecule has 1 N–H and O–H groups in total. The lowest BCUT2D eigenvalue weighted by Gasteiger charge is -2.10. The summed E-state index contributed by atoms with van der Waals surface area (Å²) in [5, 5.41) is 13.2. The van der Waals surface area contributed by atoms with Crippen LogP contribution in [0.3, 0.4) is 0 Å². The van der Waals surface area contributed by atoms with E-state index >= 15 is 0 Å². The van der Waals surface area contributed by atoms with Crippen LogP contribution in [0.5, 0.6) is 11.5 Å². The van der Waals surface area contributed by atoms with E-state index in [2.05, 4.69) is 10.5 Å². The van der Waals surface area contributed by atoms with Crippen molar-refractivity contribution >= 4 is 12.1 Å². The van der Waals surface area contributed by atoms with E-state index < -0.39 is 11.8 Å². The highest BCUT2D eigenvalue weighted by molar-refractivity contribution is 5.88. The number of hydrazone groups is 1. The fourth-order valence-electron chi connectivity index (χ4n) is 2.84. The number of carbonyl (C=O) groups is 1. The maximum atomic E-state index is 12.2. The van der Waals surface area contributed by atoms with Crippen molar-refractivity contribution < 1.29 is 14.3 Å². The van der Waals surface area contributed by atoms with Gasteiger partial charge in [-0.1, -0.05) is 48.5 Å². The van der Waals surface area contributed by atoms with E-state index in [1.54, 1.807) is 24.3 Å². The molecule has 0 aliphatic rings. The van der Waals surface area contributed by atoms with Crippen LogP contribution in [0.15, 0.2) is 84.0 Å². The lowest BCUT2D eigenvalue weighted by Crippen LogP contribution is -2.24. The van der Waals surface area contributed by atoms with Gasteiger partial charge in [-0.2, -0.15) is 10.4 Å². The third-order valence-corrected chi connectivity index (χ3v) is 4.50. The second-order valence-corrected chi connectivity index (χ2v) is 6.74. The maximum absolute atomic E-state index is 12.2. The zero-order chi connectivity index (χ0) is 21.9. The van der Waals surface area contributed by atoms with E-state index in [9.17, 15) is 10.1 Å². The Kier molecular flexibility index (Phi) is 7.78. The van der Waals surface area contributed by atoms with Crippen LogP contribution in [0.1, 0.15) is 22.6 Å². The van der Waals surface area contributed by atoms with Crippen LogP contribution in [-0.4, -0.2) is 25.3 Å². The Morgan fingerprint density at radius 1 is 1.00 bits per heavy atom. The third kappa shape index (κ3) is 6.44. The minimum absolute atomic E-state index is 0.423. The van der Waals surface area contributed by atoms with Crippen molar-refractivity contribution in [1.82, 2.24) is 5.43 Å². The van der Waals surface area contributed by atoms with Crippen LogP contribution in [0, 0.1) is 18.3 Å². The molecule has 3 rings (SSSR count). The van der Waals surface area contributed by atoms with Gasteiger partial charge in [0.15, 0.2) is 5.92 Å². The summed E-state index contributed by atoms with van der Waals surface area (Å²) in [6, 6.07) is 26.0. The molecule has 0 aliphatic carbocycles. The number of nitriles is 1. The van der Waals surface area contributed by atoms with Crippen LogP contribution in [0.25, 0.3) is 0 Å². The summed E-state index contributed by atoms with van der Waals surface area (Å²) in [4.78, 5) is 12.2. The summed E-state index contributed by atoms with van der Waals surface area (Å²) in [6.45, 7) is 2.87. The average molecular weight is 413 g/mol. The summed E-state index contributed by atoms with van der Waals surface area (Å²) in [5.41, 5.74) is 4.92. The Bertz CT molecular complexity index is 1060. The monoisotopic (exact) mass is 413 g/mol. The molecule has 3 aromatic rings. The van der Waals surface area contributed by atoms with Gasteiger partial charge in [-0.15, -0.1) is 0 Å². The van der Waals surface area contributed by atoms with Crippen LogP contribution in [-0.2, 0) is 4.79 Å². The van der Waals surface area contributed by atoms with Gasteiger partial charge in [0.25, 0.3) is 5.91 Å². The number of hydrogen-bond donors (Lipinski definition) is 1. The molecule has 0 saturated heterocycles. The van der Waals surface area contributed by atoms with E-state index in [4.69, 9.17) is 9.47 Å². The van der Waals surface area contributed by atoms with Crippen molar-refractivity contribution in [2.24, 2.45) is 5.10 Å². The smallest absolute Gasteiger partial charge is 0.261 e. The quantitative estimate of drug-likeness (QED) is 0.324. The number of benzene rings is 3. The summed E-state index contributed by atoms with van der Waals surface area (Å²) in [5.74, 6) is 0.184. The van der Waals surface area contributed by atoms with E-state index in [0.29, 0.717) is 24.5 Å². The Labute approximate surface area is 181 Å². The standard InChI is InChI=1S/C25H23N3O3/c1-19-7-5-6-10-24(19)31-16-15-30-22-13-11-20(12-14-22)18-27-28-25(29)23(17-26)21-8-3-2-4-9-21/h2-14,18,23H,15-16H2,1H3,(H,28,29)/b27-18-/t23-/m0/s1. The molecule has 3 aromatic carbocycles. The third-order valence-electron chi connectivity index (χ3n) is 4.50. The van der Waals surface area contributed by atoms with Crippen molar-refractivity contribution in [3.05, 3.63) is 95.6 Å². The highest BCUT2D eigenvalue weighted by Gasteiger charge is 2.19. The first-order valence-electron chi connectivity index (χ1n) is 9.86. The molecule has 6 nitrogen and oxygen atoms in total. The predicted molar refractivity (Wildman–Crippen MR) is 119 cm³/mol. The fourth-order valence-corrected chi connectivity index (χ4v) is 2.84. The predicted octanol–water partition coefficient (Wildman–Crippen LogP) is 4.21. The van der Waals surface area contributed by atoms with Gasteiger partial charge >= 0.3 is 0 Å². The molecule has 0 heterocycles. The molecule has 31 heavy (non-hydrogen) atoms. The average Bonchev–Trinajstić information content (AvgIpc) is 2.80. The molecule has 156 valence electrons. The number of nitrogens with one attached hydrogen (secondary N) is 1. The normalized spacial score (nSPS) is 11.5. The molecule has 0 aromatic heterocycles. The summed E-state index contributed by atoms with van der Waals surface area (Å²) >= 11 is 0. The summed E-state index contributed by atoms with van der Waals surface area (Å²) in [6.07, 6.45) is 1.52. The van der Waals surface area contributed by atoms with Crippen molar-refractivity contribution in [3.63, 3.8) is 0 Å². The maximum Gasteiger partial charge on any atom is 0.261 e. The van der Waals surface area contributed by atoms with Gasteiger partial charge in [0.1, 0.15) is 24.7 Å². The topological polar surface area (TPSA) is 83.7 Å². The van der Waals surface area contributed by atoms with Gasteiger partial charge in [0.2, 0.25) is 0 Å². The van der Waals surface area contributed by atoms with E-state index in [0.717, 1.165) is 16.9 Å². The van der Waals surface area contributed by atoms with Crippen LogP contribution in [0.4, 0.5) is 0 Å². The summed E-state index contributed by atoms with van der Waals surface area (Å²) < 4.78 is 11.4. The van der Waals surface area contributed by atoms with Gasteiger partial charge in [-0.3, -0.25) is 4.79 Å². The molecular weight excluding hydrogens is 390 g/mol. The largest absolute Gasteiger partial charge is 0.490 e. The summed E-state index contributed by atoms with van der Waals surface area (Å²) in [7, 11) is 0. The van der Waals surface area contributed by atoms with Crippen molar-refractivity contribution in [2.45, 2.75) is 12.8 Å². The van der Waals surface area contributed by atoms with E-state index in [-0.39, 0.29) is 0 Å². The SMILES string of the molecule is Cc1ccccc1OCCOc1ccc(/C=N\NC(=O)[C@@H](C#N)c2ccccc2)cc1. The van der Waals surface area contributed by atoms with Gasteiger partial charge in [0, 0.05) is 0 Å². The minimum Gasteiger partial charge on any atom is -0.490 e. The number of para-hydroxylation sites is 1. The number of amides is 1. The van der Waals surface area contributed by atoms with Crippen LogP contribution >= 0.6 is 0 Å². The van der Waals surface area contributed by atoms with Gasteiger partial charge in [0.05, 0.1) is 12.3 Å². The Morgan fingerprint density at radius 2 is 1.68 bits per heavy atom. The van der Waals surface area contributed by atoms with E-state index in [1.165, 1.54) is 6.21 Å². The number of hydrogen-bond acceptors (Lipinski definition) is 5. The molecule has 0 fully saturated rings. The highest BCUT2D eigenvalue weighted by atomic mass is 16.5. The second kappa shape index (κ2) is 11.2. The molecule has 6 heteroatoms. The zero-order valence-electron chi connectivity index (χ0n) is 17.2. The van der Waals surface area contributed by atoms with Crippen LogP contribution in [0.2, 0.25) is 0 Å². The van der Waals surface area contributed by atoms with Gasteiger partial charge in [-0.05, 0) is 53.9 Å². The molecule has 0 aliphatic heterocycles. The minimum atomic E-state index is -0.906. The molecule has 0 bridgehead atoms. The second-order valence-electron chi connectivity index (χ2n) is 6.74. The lowest BCUT2D eigenvalue weighted by molar-refractivity contribution is -0.121. The Morgan fingerprint density at radius 3 is 2.39 bits per heavy atom. The molecule has 1 atom stereocenters. The number of ether oxygens (including phenoxy) is 2. The van der Waals surface area contributed by atoms with Gasteiger partial charge < -0.3 is 9.47 Å². The molecule has 1 amide bonds. The highest BCUT2D eigenvalue weighted by Crippen LogP contribution is 2.17. The van der Waals surface area contributed by atoms with Gasteiger partial charge in [-0.25, -0.2) is 5.43 Å². The fraction of sp³-hybridized carbons (Fsp3) is 0.160. The van der Waals surface area contributed by atoms with E-state index in [1.807, 2.05) is 67.6 Å². The van der Waals surface area contributed by atoms with Crippen molar-refractivity contribution in [2.75, 3.05) is 13.2 Å². The first kappa shape index (κ1) is 21.6. The first-order valence-corrected chi connectivity index (χ1v) is 9.86. The van der Waals surface area contributed by atoms with Crippen LogP contribution < -0.4 is 14.9 Å². The first-order chi connectivity index (χ1) is 15.2. The number of aryl methyl sites for hydroxylation is 1. The van der Waals surface area contributed by atoms with Crippen molar-refractivity contribution in [1.29, 1.82) is 5.26 Å². The Balaban J connectivity index is 1.44. The molecule has 0 saturated carbocycles. The molecular formula is C25H23N3O3. The number of nitrogens with zero attached hydrogens (tertiary/aromatic N) is 2. The molecule has 0 spiro atoms. The number of rotatable bonds is 9. The van der Waals surface area contributed by atoms with Crippen molar-refractivity contribution in [3.8, 4) is 17.6 Å². The lowest BCUT2D eigenvalue weighted by atomic mass is 10.0. The number of carbonyl (C=O) groups excluding carboxylic acids is 1. The molecule has 0 unspecified atom stereocenters. The Hall–Kier alpha value is -4.11. The molecule has 0 radical (unpaired) electrons. The zero-order valence-corrected chi connectivity index (χ0v) is 17.2.